The van der Waals surface area contributed by atoms with Crippen molar-refractivity contribution < 1.29 is 20.6 Å². The van der Waals surface area contributed by atoms with Gasteiger partial charge >= 0.3 is 21.4 Å². The molecule has 0 amide bonds. The van der Waals surface area contributed by atoms with Crippen molar-refractivity contribution in [3.8, 4) is 28.0 Å². The summed E-state index contributed by atoms with van der Waals surface area (Å²) in [5.41, 5.74) is 9.40. The van der Waals surface area contributed by atoms with E-state index in [-0.39, 0.29) is 5.75 Å². The Balaban J connectivity index is 0.00000146. The van der Waals surface area contributed by atoms with Crippen LogP contribution < -0.4 is 5.11 Å². The molecule has 0 heterocycles. The number of nitrogens with zero attached hydrogens (tertiary/aromatic N) is 1. The van der Waals surface area contributed by atoms with Crippen molar-refractivity contribution >= 4 is 19.8 Å². The van der Waals surface area contributed by atoms with Gasteiger partial charge in [-0.05, 0) is 109 Å². The second-order valence-corrected chi connectivity index (χ2v) is 16.7. The van der Waals surface area contributed by atoms with Gasteiger partial charge in [0.05, 0.1) is 5.69 Å². The first kappa shape index (κ1) is 45.2. The summed E-state index contributed by atoms with van der Waals surface area (Å²) in [6.07, 6.45) is 21.9. The van der Waals surface area contributed by atoms with Gasteiger partial charge in [0.25, 0.3) is 0 Å². The first-order valence-electron chi connectivity index (χ1n) is 19.6. The molecule has 0 aliphatic carbocycles. The molecule has 284 valence electrons. The molecule has 0 N–H and O–H groups in total. The average Bonchev–Trinajstić information content (AvgIpc) is 3.16. The van der Waals surface area contributed by atoms with Gasteiger partial charge in [-0.2, -0.15) is 0 Å². The Hall–Kier alpha value is -2.99. The van der Waals surface area contributed by atoms with Crippen LogP contribution in [0, 0.1) is 0 Å². The van der Waals surface area contributed by atoms with Crippen LogP contribution in [0.25, 0.3) is 22.3 Å². The molecular formula is C48H66NNiOP. The Bertz CT molecular complexity index is 1520. The number of rotatable bonds is 20. The summed E-state index contributed by atoms with van der Waals surface area (Å²) >= 11 is 3.88. The number of aliphatic imine (C=N–C) groups is 1. The van der Waals surface area contributed by atoms with Crippen molar-refractivity contribution in [2.24, 2.45) is 4.99 Å². The molecule has 0 atom stereocenters. The minimum atomic E-state index is 0.0212. The van der Waals surface area contributed by atoms with E-state index in [9.17, 15) is 5.11 Å². The van der Waals surface area contributed by atoms with E-state index in [2.05, 4.69) is 80.2 Å². The maximum absolute atomic E-state index is 14.0. The summed E-state index contributed by atoms with van der Waals surface area (Å²) in [6, 6.07) is 29.1. The second kappa shape index (κ2) is 27.6. The summed E-state index contributed by atoms with van der Waals surface area (Å²) in [6.45, 7) is 15.3. The van der Waals surface area contributed by atoms with Gasteiger partial charge in [-0.3, -0.25) is 4.99 Å². The normalized spacial score (nSPS) is 10.9. The summed E-state index contributed by atoms with van der Waals surface area (Å²) in [5, 5.41) is 14.0. The van der Waals surface area contributed by atoms with Gasteiger partial charge in [-0.1, -0.05) is 163 Å². The van der Waals surface area contributed by atoms with Crippen LogP contribution in [0.1, 0.15) is 113 Å². The molecule has 0 aliphatic rings. The SMILES string of the molecule is C=CCc1cc(CCCCCCCC)c(N=Cc2cc(-c3ccccc3)cc(-c3ccccc3)c2[O-])c(CCCCCCCC)c1.CP(C)C.[CH3][Ni+]. The molecule has 4 rings (SSSR count). The van der Waals surface area contributed by atoms with E-state index in [0.29, 0.717) is 19.0 Å². The molecule has 0 aliphatic heterocycles. The summed E-state index contributed by atoms with van der Waals surface area (Å²) in [5.74, 6) is 1.65. The van der Waals surface area contributed by atoms with E-state index in [1.807, 2.05) is 73.0 Å². The summed E-state index contributed by atoms with van der Waals surface area (Å²) in [7, 11) is 0.380. The Kier molecular flexibility index (Phi) is 24.0. The van der Waals surface area contributed by atoms with Crippen LogP contribution in [0.2, 0.25) is 5.89 Å². The molecule has 4 aromatic rings. The van der Waals surface area contributed by atoms with Crippen LogP contribution in [0.4, 0.5) is 5.69 Å². The number of unbranched alkanes of at least 4 members (excludes halogenated alkanes) is 10. The van der Waals surface area contributed by atoms with Crippen LogP contribution in [-0.4, -0.2) is 26.2 Å². The van der Waals surface area contributed by atoms with Crippen LogP contribution >= 0.6 is 7.92 Å². The Morgan fingerprint density at radius 1 is 0.635 bits per heavy atom. The van der Waals surface area contributed by atoms with Gasteiger partial charge in [0.2, 0.25) is 0 Å². The molecule has 0 fully saturated rings. The molecule has 4 aromatic carbocycles. The van der Waals surface area contributed by atoms with Crippen molar-refractivity contribution in [2.75, 3.05) is 20.0 Å². The molecular weight excluding hydrogens is 696 g/mol. The zero-order valence-electron chi connectivity index (χ0n) is 33.2. The fourth-order valence-corrected chi connectivity index (χ4v) is 6.37. The predicted molar refractivity (Wildman–Crippen MR) is 229 cm³/mol. The number of benzene rings is 4. The number of aryl methyl sites for hydroxylation is 2. The third-order valence-electron chi connectivity index (χ3n) is 8.95. The van der Waals surface area contributed by atoms with Crippen LogP contribution in [-0.2, 0) is 34.7 Å². The topological polar surface area (TPSA) is 35.4 Å². The van der Waals surface area contributed by atoms with E-state index < -0.39 is 0 Å². The average molecular weight is 763 g/mol. The second-order valence-electron chi connectivity index (χ2n) is 14.1. The molecule has 2 nitrogen and oxygen atoms in total. The molecule has 0 saturated carbocycles. The van der Waals surface area contributed by atoms with Crippen LogP contribution in [0.3, 0.4) is 0 Å². The van der Waals surface area contributed by atoms with E-state index in [0.717, 1.165) is 54.5 Å². The molecule has 0 bridgehead atoms. The Morgan fingerprint density at radius 2 is 1.10 bits per heavy atom. The number of hydrogen-bond donors (Lipinski definition) is 0. The van der Waals surface area contributed by atoms with Gasteiger partial charge in [0.1, 0.15) is 0 Å². The predicted octanol–water partition coefficient (Wildman–Crippen LogP) is 14.3. The first-order chi connectivity index (χ1) is 25.4. The Labute approximate surface area is 327 Å². The fraction of sp³-hybridized carbons (Fsp3) is 0.438. The molecule has 0 unspecified atom stereocenters. The van der Waals surface area contributed by atoms with Crippen molar-refractivity contribution in [2.45, 2.75) is 116 Å². The molecule has 52 heavy (non-hydrogen) atoms. The summed E-state index contributed by atoms with van der Waals surface area (Å²) < 4.78 is 0. The van der Waals surface area contributed by atoms with Gasteiger partial charge < -0.3 is 5.11 Å². The zero-order valence-corrected chi connectivity index (χ0v) is 35.1. The van der Waals surface area contributed by atoms with Crippen molar-refractivity contribution in [3.05, 3.63) is 120 Å². The van der Waals surface area contributed by atoms with Gasteiger partial charge in [0.15, 0.2) is 0 Å². The molecule has 0 radical (unpaired) electrons. The third-order valence-corrected chi connectivity index (χ3v) is 8.95. The third kappa shape index (κ3) is 16.8. The van der Waals surface area contributed by atoms with Crippen molar-refractivity contribution in [3.63, 3.8) is 0 Å². The quantitative estimate of drug-likeness (QED) is 0.0290. The van der Waals surface area contributed by atoms with Gasteiger partial charge in [0, 0.05) is 6.21 Å². The number of allylic oxidation sites excluding steroid dienone is 1. The molecule has 0 aromatic heterocycles. The van der Waals surface area contributed by atoms with Gasteiger partial charge in [-0.25, -0.2) is 0 Å². The van der Waals surface area contributed by atoms with Gasteiger partial charge in [-0.15, -0.1) is 14.5 Å². The van der Waals surface area contributed by atoms with Crippen molar-refractivity contribution in [1.82, 2.24) is 0 Å². The fourth-order valence-electron chi connectivity index (χ4n) is 6.37. The minimum absolute atomic E-state index is 0.0212. The standard InChI is InChI=1S/C44H55NO.C3H9P.CH3.Ni/c1-4-7-9-11-13-17-28-38-30-35(23-6-3)31-39(29-18-14-12-10-8-5-2)43(38)45-34-41-32-40(36-24-19-15-20-25-36)33-42(44(41)46)37-26-21-16-22-27-37;1-4(2)3;;/h6,15-16,19-22,24-27,30-34,46H,3-5,7-14,17-18,23,28-29H2,1-2H3;1-3H3;1H3;/q;;;+1/p-1. The van der Waals surface area contributed by atoms with E-state index >= 15 is 0 Å². The molecule has 4 heteroatoms. The van der Waals surface area contributed by atoms with Crippen molar-refractivity contribution in [1.29, 1.82) is 0 Å². The van der Waals surface area contributed by atoms with E-state index in [1.54, 1.807) is 5.89 Å². The van der Waals surface area contributed by atoms with Crippen LogP contribution in [0.5, 0.6) is 5.75 Å². The maximum atomic E-state index is 14.0. The van der Waals surface area contributed by atoms with Crippen LogP contribution in [0.15, 0.2) is 103 Å². The molecule has 0 saturated heterocycles. The van der Waals surface area contributed by atoms with E-state index in [1.165, 1.54) is 80.9 Å². The molecule has 0 spiro atoms. The Morgan fingerprint density at radius 3 is 1.58 bits per heavy atom. The van der Waals surface area contributed by atoms with E-state index in [4.69, 9.17) is 4.99 Å². The number of hydrogen-bond acceptors (Lipinski definition) is 2. The first-order valence-corrected chi connectivity index (χ1v) is 23.2. The summed E-state index contributed by atoms with van der Waals surface area (Å²) in [4.78, 5) is 5.21. The zero-order chi connectivity index (χ0) is 38.0. The monoisotopic (exact) mass is 761 g/mol.